The van der Waals surface area contributed by atoms with Crippen LogP contribution in [-0.2, 0) is 9.47 Å². The molecule has 0 aliphatic rings. The lowest BCUT2D eigenvalue weighted by Crippen LogP contribution is -2.18. The van der Waals surface area contributed by atoms with E-state index in [4.69, 9.17) is 9.47 Å². The van der Waals surface area contributed by atoms with Gasteiger partial charge in [-0.1, -0.05) is 65.7 Å². The van der Waals surface area contributed by atoms with E-state index in [0.29, 0.717) is 0 Å². The van der Waals surface area contributed by atoms with Gasteiger partial charge in [-0.2, -0.15) is 0 Å². The van der Waals surface area contributed by atoms with Crippen LogP contribution in [0.25, 0.3) is 0 Å². The molecule has 0 amide bonds. The quantitative estimate of drug-likeness (QED) is 0.281. The molecule has 0 aliphatic heterocycles. The molecular formula is C17H36O2. The van der Waals surface area contributed by atoms with Gasteiger partial charge in [0, 0.05) is 13.2 Å². The zero-order valence-electron chi connectivity index (χ0n) is 13.6. The third kappa shape index (κ3) is 14.1. The summed E-state index contributed by atoms with van der Waals surface area (Å²) in [6, 6.07) is 0. The summed E-state index contributed by atoms with van der Waals surface area (Å²) < 4.78 is 11.7. The van der Waals surface area contributed by atoms with Gasteiger partial charge in [-0.05, 0) is 25.7 Å². The second-order valence-corrected chi connectivity index (χ2v) is 5.43. The van der Waals surface area contributed by atoms with E-state index in [2.05, 4.69) is 20.8 Å². The van der Waals surface area contributed by atoms with Crippen LogP contribution in [0.5, 0.6) is 0 Å². The van der Waals surface area contributed by atoms with Crippen molar-refractivity contribution in [2.45, 2.75) is 97.7 Å². The van der Waals surface area contributed by atoms with E-state index in [1.165, 1.54) is 51.4 Å². The summed E-state index contributed by atoms with van der Waals surface area (Å²) in [5.74, 6) is 0. The maximum Gasteiger partial charge on any atom is 0.157 e. The van der Waals surface area contributed by atoms with Crippen LogP contribution in [0.1, 0.15) is 91.4 Å². The van der Waals surface area contributed by atoms with Crippen molar-refractivity contribution in [3.05, 3.63) is 0 Å². The molecule has 0 aromatic heterocycles. The maximum absolute atomic E-state index is 5.83. The van der Waals surface area contributed by atoms with Crippen LogP contribution in [0.15, 0.2) is 0 Å². The molecule has 0 spiro atoms. The highest BCUT2D eigenvalue weighted by molar-refractivity contribution is 4.50. The zero-order valence-corrected chi connectivity index (χ0v) is 13.6. The van der Waals surface area contributed by atoms with Gasteiger partial charge in [0.1, 0.15) is 0 Å². The van der Waals surface area contributed by atoms with Gasteiger partial charge in [-0.15, -0.1) is 0 Å². The molecule has 0 fully saturated rings. The Balaban J connectivity index is 3.58. The van der Waals surface area contributed by atoms with Crippen LogP contribution in [0.3, 0.4) is 0 Å². The minimum atomic E-state index is 0.0456. The Hall–Kier alpha value is -0.0800. The van der Waals surface area contributed by atoms with Gasteiger partial charge in [0.2, 0.25) is 0 Å². The molecule has 0 saturated heterocycles. The highest BCUT2D eigenvalue weighted by Gasteiger charge is 2.08. The van der Waals surface area contributed by atoms with Gasteiger partial charge < -0.3 is 9.47 Å². The van der Waals surface area contributed by atoms with Crippen molar-refractivity contribution in [3.8, 4) is 0 Å². The molecule has 0 aromatic carbocycles. The molecule has 0 heterocycles. The average molecular weight is 272 g/mol. The maximum atomic E-state index is 5.83. The van der Waals surface area contributed by atoms with Crippen molar-refractivity contribution in [1.82, 2.24) is 0 Å². The minimum Gasteiger partial charge on any atom is -0.353 e. The van der Waals surface area contributed by atoms with Crippen molar-refractivity contribution in [2.75, 3.05) is 13.2 Å². The molecule has 0 atom stereocenters. The Labute approximate surface area is 121 Å². The Bertz CT molecular complexity index is 149. The molecule has 0 bridgehead atoms. The summed E-state index contributed by atoms with van der Waals surface area (Å²) in [5, 5.41) is 0. The molecule has 2 nitrogen and oxygen atoms in total. The molecule has 19 heavy (non-hydrogen) atoms. The van der Waals surface area contributed by atoms with Gasteiger partial charge in [0.25, 0.3) is 0 Å². The van der Waals surface area contributed by atoms with Crippen LogP contribution >= 0.6 is 0 Å². The first-order valence-corrected chi connectivity index (χ1v) is 8.58. The highest BCUT2D eigenvalue weighted by Crippen LogP contribution is 2.12. The van der Waals surface area contributed by atoms with E-state index in [9.17, 15) is 0 Å². The second-order valence-electron chi connectivity index (χ2n) is 5.43. The van der Waals surface area contributed by atoms with Gasteiger partial charge >= 0.3 is 0 Å². The highest BCUT2D eigenvalue weighted by atomic mass is 16.7. The Morgan fingerprint density at radius 3 is 1.58 bits per heavy atom. The van der Waals surface area contributed by atoms with Crippen molar-refractivity contribution in [1.29, 1.82) is 0 Å². The summed E-state index contributed by atoms with van der Waals surface area (Å²) >= 11 is 0. The number of ether oxygens (including phenoxy) is 2. The lowest BCUT2D eigenvalue weighted by Gasteiger charge is -2.18. The normalized spacial score (nSPS) is 11.4. The second kappa shape index (κ2) is 16.0. The van der Waals surface area contributed by atoms with Crippen LogP contribution in [0.2, 0.25) is 0 Å². The summed E-state index contributed by atoms with van der Waals surface area (Å²) in [5.41, 5.74) is 0. The smallest absolute Gasteiger partial charge is 0.157 e. The largest absolute Gasteiger partial charge is 0.353 e. The van der Waals surface area contributed by atoms with Crippen LogP contribution in [-0.4, -0.2) is 19.5 Å². The number of rotatable bonds is 15. The molecule has 0 aromatic rings. The van der Waals surface area contributed by atoms with E-state index >= 15 is 0 Å². The third-order valence-corrected chi connectivity index (χ3v) is 3.40. The predicted molar refractivity (Wildman–Crippen MR) is 83.5 cm³/mol. The third-order valence-electron chi connectivity index (χ3n) is 3.40. The summed E-state index contributed by atoms with van der Waals surface area (Å²) in [6.45, 7) is 8.36. The lowest BCUT2D eigenvalue weighted by molar-refractivity contribution is -0.147. The van der Waals surface area contributed by atoms with Crippen LogP contribution in [0.4, 0.5) is 0 Å². The fourth-order valence-corrected chi connectivity index (χ4v) is 2.02. The summed E-state index contributed by atoms with van der Waals surface area (Å²) in [6.07, 6.45) is 13.8. The van der Waals surface area contributed by atoms with Gasteiger partial charge in [-0.3, -0.25) is 0 Å². The lowest BCUT2D eigenvalue weighted by atomic mass is 10.1. The topological polar surface area (TPSA) is 18.5 Å². The molecule has 2 heteroatoms. The molecule has 0 N–H and O–H groups in total. The average Bonchev–Trinajstić information content (AvgIpc) is 2.42. The van der Waals surface area contributed by atoms with Crippen molar-refractivity contribution < 1.29 is 9.47 Å². The number of hydrogen-bond donors (Lipinski definition) is 0. The molecule has 0 aliphatic carbocycles. The minimum absolute atomic E-state index is 0.0456. The Kier molecular flexibility index (Phi) is 15.9. The molecular weight excluding hydrogens is 236 g/mol. The van der Waals surface area contributed by atoms with E-state index < -0.39 is 0 Å². The van der Waals surface area contributed by atoms with Crippen molar-refractivity contribution >= 4 is 0 Å². The summed E-state index contributed by atoms with van der Waals surface area (Å²) in [7, 11) is 0. The molecule has 0 rings (SSSR count). The molecule has 0 unspecified atom stereocenters. The summed E-state index contributed by atoms with van der Waals surface area (Å²) in [4.78, 5) is 0. The van der Waals surface area contributed by atoms with E-state index in [0.717, 1.165) is 32.5 Å². The molecule has 116 valence electrons. The van der Waals surface area contributed by atoms with Crippen LogP contribution < -0.4 is 0 Å². The molecule has 0 saturated carbocycles. The number of unbranched alkanes of at least 4 members (excludes halogenated alkanes) is 7. The Morgan fingerprint density at radius 2 is 1.05 bits per heavy atom. The zero-order chi connectivity index (χ0) is 14.2. The van der Waals surface area contributed by atoms with Gasteiger partial charge in [-0.25, -0.2) is 0 Å². The van der Waals surface area contributed by atoms with E-state index in [-0.39, 0.29) is 6.29 Å². The fraction of sp³-hybridized carbons (Fsp3) is 1.00. The van der Waals surface area contributed by atoms with Gasteiger partial charge in [0.05, 0.1) is 0 Å². The predicted octanol–water partition coefficient (Wildman–Crippen LogP) is 5.70. The first-order chi connectivity index (χ1) is 9.35. The van der Waals surface area contributed by atoms with Crippen molar-refractivity contribution in [2.24, 2.45) is 0 Å². The first-order valence-electron chi connectivity index (χ1n) is 8.58. The SMILES string of the molecule is CCCCCCCCC(OCCCC)OCCCC. The number of hydrogen-bond acceptors (Lipinski definition) is 2. The fourth-order valence-electron chi connectivity index (χ4n) is 2.02. The monoisotopic (exact) mass is 272 g/mol. The Morgan fingerprint density at radius 1 is 0.579 bits per heavy atom. The van der Waals surface area contributed by atoms with Crippen molar-refractivity contribution in [3.63, 3.8) is 0 Å². The first kappa shape index (κ1) is 18.9. The molecule has 0 radical (unpaired) electrons. The van der Waals surface area contributed by atoms with Gasteiger partial charge in [0.15, 0.2) is 6.29 Å². The van der Waals surface area contributed by atoms with Crippen LogP contribution in [0, 0.1) is 0 Å². The van der Waals surface area contributed by atoms with E-state index in [1.807, 2.05) is 0 Å². The standard InChI is InChI=1S/C17H36O2/c1-4-7-10-11-12-13-14-17(18-15-8-5-2)19-16-9-6-3/h17H,4-16H2,1-3H3. The van der Waals surface area contributed by atoms with E-state index in [1.54, 1.807) is 0 Å².